The molecule has 3 aromatic rings. The van der Waals surface area contributed by atoms with E-state index in [1.54, 1.807) is 31.6 Å². The highest BCUT2D eigenvalue weighted by Crippen LogP contribution is 2.39. The van der Waals surface area contributed by atoms with Gasteiger partial charge in [-0.1, -0.05) is 0 Å². The van der Waals surface area contributed by atoms with Crippen LogP contribution in [0.25, 0.3) is 11.3 Å². The van der Waals surface area contributed by atoms with E-state index in [9.17, 15) is 32.3 Å². The number of anilines is 1. The maximum absolute atomic E-state index is 13.6. The number of aliphatic carboxylic acids is 1. The molecule has 1 aliphatic carbocycles. The second-order valence-corrected chi connectivity index (χ2v) is 12.1. The third-order valence-corrected chi connectivity index (χ3v) is 8.91. The Balaban J connectivity index is 1.43. The third kappa shape index (κ3) is 7.56. The van der Waals surface area contributed by atoms with E-state index in [1.165, 1.54) is 11.0 Å². The zero-order chi connectivity index (χ0) is 33.0. The molecule has 0 bridgehead atoms. The van der Waals surface area contributed by atoms with E-state index in [0.717, 1.165) is 43.4 Å². The number of rotatable bonds is 11. The number of cyclic esters (lactones) is 1. The molecular weight excluding hydrogens is 606 g/mol. The minimum absolute atomic E-state index is 0.0241. The zero-order valence-electron chi connectivity index (χ0n) is 25.7. The van der Waals surface area contributed by atoms with E-state index in [2.05, 4.69) is 9.88 Å². The van der Waals surface area contributed by atoms with Crippen LogP contribution in [0, 0.1) is 11.8 Å². The Hall–Kier alpha value is -4.29. The van der Waals surface area contributed by atoms with Crippen molar-refractivity contribution in [1.29, 1.82) is 0 Å². The molecule has 0 spiro atoms. The monoisotopic (exact) mass is 643 g/mol. The van der Waals surface area contributed by atoms with Gasteiger partial charge in [-0.3, -0.25) is 14.7 Å². The summed E-state index contributed by atoms with van der Waals surface area (Å²) in [5.41, 5.74) is 0.655. The average molecular weight is 644 g/mol. The number of carbonyl (C=O) groups excluding carboxylic acids is 1. The van der Waals surface area contributed by atoms with Gasteiger partial charge < -0.3 is 14.7 Å². The van der Waals surface area contributed by atoms with Crippen LogP contribution in [0.15, 0.2) is 48.9 Å². The first-order chi connectivity index (χ1) is 22.0. The summed E-state index contributed by atoms with van der Waals surface area (Å²) < 4.78 is 59.9. The largest absolute Gasteiger partial charge is 0.481 e. The molecule has 1 aliphatic heterocycles. The standard InChI is InChI=1S/C33H37F4N5O4/c1-3-41(18-22-8-6-21(7-9-22)13-29(43)44)31-28(40-27(17-39-31)24-5-4-10-38-16-24)19-42-20(2)30(46-32(42)45)25-11-23(15-34)12-26(14-25)33(35,36)37/h4-5,10-12,14,16-17,20-22,30H,3,6-9,13,15,18-19H2,1-2H3,(H,43,44)/t20-,21-,22-,30?/m0/s1. The number of nitrogens with zero attached hydrogens (tertiary/aromatic N) is 5. The van der Waals surface area contributed by atoms with E-state index in [4.69, 9.17) is 14.7 Å². The van der Waals surface area contributed by atoms with Crippen LogP contribution in [0.1, 0.15) is 74.4 Å². The lowest BCUT2D eigenvalue weighted by atomic mass is 9.80. The maximum Gasteiger partial charge on any atom is 0.416 e. The van der Waals surface area contributed by atoms with E-state index in [1.807, 2.05) is 13.0 Å². The summed E-state index contributed by atoms with van der Waals surface area (Å²) in [5, 5.41) is 9.18. The summed E-state index contributed by atoms with van der Waals surface area (Å²) in [5.74, 6) is 0.291. The Morgan fingerprint density at radius 2 is 1.87 bits per heavy atom. The Labute approximate surface area is 264 Å². The summed E-state index contributed by atoms with van der Waals surface area (Å²) in [6.45, 7) is 3.82. The van der Waals surface area contributed by atoms with Crippen LogP contribution in [0.5, 0.6) is 0 Å². The van der Waals surface area contributed by atoms with Gasteiger partial charge in [-0.15, -0.1) is 0 Å². The molecule has 1 amide bonds. The summed E-state index contributed by atoms with van der Waals surface area (Å²) in [6, 6.07) is 5.87. The Morgan fingerprint density at radius 1 is 1.13 bits per heavy atom. The van der Waals surface area contributed by atoms with E-state index < -0.39 is 42.6 Å². The van der Waals surface area contributed by atoms with Crippen molar-refractivity contribution >= 4 is 17.9 Å². The quantitative estimate of drug-likeness (QED) is 0.218. The van der Waals surface area contributed by atoms with Crippen molar-refractivity contribution in [2.75, 3.05) is 18.0 Å². The highest BCUT2D eigenvalue weighted by atomic mass is 19.4. The van der Waals surface area contributed by atoms with Crippen LogP contribution in [-0.2, 0) is 28.9 Å². The molecule has 13 heteroatoms. The molecule has 2 aliphatic rings. The Kier molecular flexibility index (Phi) is 10.1. The number of benzene rings is 1. The fourth-order valence-corrected chi connectivity index (χ4v) is 6.43. The molecule has 2 atom stereocenters. The van der Waals surface area contributed by atoms with Gasteiger partial charge in [-0.2, -0.15) is 13.2 Å². The number of amides is 1. The molecule has 9 nitrogen and oxygen atoms in total. The van der Waals surface area contributed by atoms with E-state index in [0.29, 0.717) is 36.2 Å². The smallest absolute Gasteiger partial charge is 0.416 e. The van der Waals surface area contributed by atoms with Crippen LogP contribution >= 0.6 is 0 Å². The topological polar surface area (TPSA) is 109 Å². The number of pyridine rings is 1. The van der Waals surface area contributed by atoms with Gasteiger partial charge >= 0.3 is 18.2 Å². The highest BCUT2D eigenvalue weighted by Gasteiger charge is 2.42. The molecule has 0 radical (unpaired) electrons. The van der Waals surface area contributed by atoms with Gasteiger partial charge in [-0.25, -0.2) is 19.2 Å². The van der Waals surface area contributed by atoms with Crippen molar-refractivity contribution in [3.8, 4) is 11.3 Å². The number of hydrogen-bond acceptors (Lipinski definition) is 7. The minimum atomic E-state index is -4.69. The van der Waals surface area contributed by atoms with Gasteiger partial charge in [0.2, 0.25) is 0 Å². The first-order valence-electron chi connectivity index (χ1n) is 15.4. The number of carbonyl (C=O) groups is 2. The number of carboxylic acid groups (broad SMARTS) is 1. The van der Waals surface area contributed by atoms with Crippen molar-refractivity contribution < 1.29 is 37.0 Å². The maximum atomic E-state index is 13.6. The van der Waals surface area contributed by atoms with Crippen LogP contribution in [0.3, 0.4) is 0 Å². The molecule has 1 unspecified atom stereocenters. The van der Waals surface area contributed by atoms with Gasteiger partial charge in [0, 0.05) is 37.5 Å². The van der Waals surface area contributed by atoms with Crippen molar-refractivity contribution in [3.63, 3.8) is 0 Å². The Bertz CT molecular complexity index is 1530. The zero-order valence-corrected chi connectivity index (χ0v) is 25.7. The fraction of sp³-hybridized carbons (Fsp3) is 0.485. The number of hydrogen-bond donors (Lipinski definition) is 1. The normalized spacial score (nSPS) is 21.7. The second kappa shape index (κ2) is 14.0. The molecule has 1 aromatic carbocycles. The number of halogens is 4. The van der Waals surface area contributed by atoms with Crippen LogP contribution in [0.2, 0.25) is 0 Å². The second-order valence-electron chi connectivity index (χ2n) is 12.1. The highest BCUT2D eigenvalue weighted by molar-refractivity contribution is 5.71. The van der Waals surface area contributed by atoms with Gasteiger partial charge in [0.1, 0.15) is 18.5 Å². The number of ether oxygens (including phenoxy) is 1. The molecule has 2 aromatic heterocycles. The van der Waals surface area contributed by atoms with Crippen molar-refractivity contribution in [3.05, 3.63) is 71.3 Å². The summed E-state index contributed by atoms with van der Waals surface area (Å²) >= 11 is 0. The van der Waals surface area contributed by atoms with E-state index >= 15 is 0 Å². The van der Waals surface area contributed by atoms with Crippen molar-refractivity contribution in [2.45, 2.75) is 77.5 Å². The lowest BCUT2D eigenvalue weighted by molar-refractivity contribution is -0.139. The molecule has 246 valence electrons. The minimum Gasteiger partial charge on any atom is -0.481 e. The molecule has 1 saturated heterocycles. The molecule has 46 heavy (non-hydrogen) atoms. The van der Waals surface area contributed by atoms with Crippen molar-refractivity contribution in [2.24, 2.45) is 11.8 Å². The van der Waals surface area contributed by atoms with Gasteiger partial charge in [0.15, 0.2) is 5.82 Å². The van der Waals surface area contributed by atoms with Crippen molar-refractivity contribution in [1.82, 2.24) is 19.9 Å². The summed E-state index contributed by atoms with van der Waals surface area (Å²) in [6.07, 6.45) is 2.10. The van der Waals surface area contributed by atoms with Crippen LogP contribution in [-0.4, -0.2) is 56.2 Å². The number of aromatic nitrogens is 3. The van der Waals surface area contributed by atoms with Gasteiger partial charge in [0.25, 0.3) is 0 Å². The molecule has 1 N–H and O–H groups in total. The fourth-order valence-electron chi connectivity index (χ4n) is 6.43. The third-order valence-electron chi connectivity index (χ3n) is 8.91. The number of alkyl halides is 4. The summed E-state index contributed by atoms with van der Waals surface area (Å²) in [4.78, 5) is 41.8. The molecule has 1 saturated carbocycles. The summed E-state index contributed by atoms with van der Waals surface area (Å²) in [7, 11) is 0. The predicted molar refractivity (Wildman–Crippen MR) is 161 cm³/mol. The predicted octanol–water partition coefficient (Wildman–Crippen LogP) is 7.22. The van der Waals surface area contributed by atoms with Crippen LogP contribution in [0.4, 0.5) is 28.2 Å². The van der Waals surface area contributed by atoms with Crippen LogP contribution < -0.4 is 4.90 Å². The average Bonchev–Trinajstić information content (AvgIpc) is 3.32. The molecule has 5 rings (SSSR count). The lowest BCUT2D eigenvalue weighted by Crippen LogP contribution is -2.36. The molecular formula is C33H37F4N5O4. The van der Waals surface area contributed by atoms with Gasteiger partial charge in [0.05, 0.1) is 30.0 Å². The van der Waals surface area contributed by atoms with E-state index in [-0.39, 0.29) is 30.0 Å². The first kappa shape index (κ1) is 33.1. The lowest BCUT2D eigenvalue weighted by Gasteiger charge is -2.33. The molecule has 2 fully saturated rings. The first-order valence-corrected chi connectivity index (χ1v) is 15.4. The van der Waals surface area contributed by atoms with Gasteiger partial charge in [-0.05, 0) is 92.8 Å². The Morgan fingerprint density at radius 3 is 2.50 bits per heavy atom. The number of carboxylic acids is 1. The molecule has 3 heterocycles. The SMILES string of the molecule is CCN(C[C@H]1CC[C@H](CC(=O)O)CC1)c1ncc(-c2cccnc2)nc1CN1C(=O)OC(c2cc(CF)cc(C(F)(F)F)c2)[C@@H]1C.